The molecule has 1 heterocycles. The maximum Gasteiger partial charge on any atom is 0.142 e. The van der Waals surface area contributed by atoms with E-state index in [0.29, 0.717) is 0 Å². The van der Waals surface area contributed by atoms with Crippen LogP contribution in [0.4, 0.5) is 0 Å². The number of ether oxygens (including phenoxy) is 1. The Morgan fingerprint density at radius 3 is 2.23 bits per heavy atom. The molecule has 0 atom stereocenters. The van der Waals surface area contributed by atoms with Crippen LogP contribution in [-0.2, 0) is 0 Å². The lowest BCUT2D eigenvalue weighted by molar-refractivity contribution is 0.457. The van der Waals surface area contributed by atoms with E-state index < -0.39 is 0 Å². The van der Waals surface area contributed by atoms with Crippen molar-refractivity contribution in [1.29, 1.82) is 0 Å². The summed E-state index contributed by atoms with van der Waals surface area (Å²) in [7, 11) is 0. The quantitative estimate of drug-likeness (QED) is 0.267. The summed E-state index contributed by atoms with van der Waals surface area (Å²) in [5.74, 6) is 1.76. The molecule has 0 N–H and O–H groups in total. The molecule has 0 aliphatic carbocycles. The fourth-order valence-corrected chi connectivity index (χ4v) is 5.54. The Morgan fingerprint density at radius 1 is 0.581 bits per heavy atom. The average Bonchev–Trinajstić information content (AvgIpc) is 2.83. The molecule has 0 fully saturated rings. The Hall–Kier alpha value is -3.20. The number of rotatable bonds is 2. The van der Waals surface area contributed by atoms with E-state index in [2.05, 4.69) is 78.9 Å². The Morgan fingerprint density at radius 2 is 1.35 bits per heavy atom. The lowest BCUT2D eigenvalue weighted by Crippen LogP contribution is -1.99. The number of fused-ring (bicyclic) bond motifs is 4. The van der Waals surface area contributed by atoms with Crippen molar-refractivity contribution in [3.8, 4) is 33.8 Å². The zero-order valence-electron chi connectivity index (χ0n) is 16.5. The highest BCUT2D eigenvalue weighted by molar-refractivity contribution is 8.00. The molecule has 6 rings (SSSR count). The van der Waals surface area contributed by atoms with Gasteiger partial charge in [0.1, 0.15) is 11.5 Å². The summed E-state index contributed by atoms with van der Waals surface area (Å²) < 4.78 is 6.49. The molecular weight excluding hydrogens is 420 g/mol. The van der Waals surface area contributed by atoms with Gasteiger partial charge >= 0.3 is 0 Å². The topological polar surface area (TPSA) is 9.23 Å². The Labute approximate surface area is 190 Å². The largest absolute Gasteiger partial charge is 0.455 e. The molecule has 0 radical (unpaired) electrons. The van der Waals surface area contributed by atoms with E-state index in [0.717, 1.165) is 48.6 Å². The molecule has 5 aromatic carbocycles. The van der Waals surface area contributed by atoms with E-state index in [9.17, 15) is 0 Å². The van der Waals surface area contributed by atoms with E-state index >= 15 is 0 Å². The molecule has 3 heteroatoms. The summed E-state index contributed by atoms with van der Waals surface area (Å²) in [6, 6.07) is 35.4. The first kappa shape index (κ1) is 18.6. The van der Waals surface area contributed by atoms with Gasteiger partial charge < -0.3 is 4.74 Å². The van der Waals surface area contributed by atoms with E-state index in [-0.39, 0.29) is 0 Å². The van der Waals surface area contributed by atoms with E-state index in [1.54, 1.807) is 11.8 Å². The zero-order valence-corrected chi connectivity index (χ0v) is 18.1. The molecule has 0 saturated heterocycles. The van der Waals surface area contributed by atoms with Crippen LogP contribution in [0.15, 0.2) is 113 Å². The van der Waals surface area contributed by atoms with Gasteiger partial charge in [0.05, 0.1) is 9.79 Å². The summed E-state index contributed by atoms with van der Waals surface area (Å²) in [6.07, 6.45) is 0. The highest BCUT2D eigenvalue weighted by Crippen LogP contribution is 2.54. The van der Waals surface area contributed by atoms with E-state index in [1.165, 1.54) is 10.8 Å². The number of halogens is 1. The molecule has 0 saturated carbocycles. The fraction of sp³-hybridized carbons (Fsp3) is 0. The average molecular weight is 437 g/mol. The third-order valence-electron chi connectivity index (χ3n) is 5.59. The van der Waals surface area contributed by atoms with Crippen LogP contribution in [0.3, 0.4) is 0 Å². The van der Waals surface area contributed by atoms with Crippen molar-refractivity contribution in [1.82, 2.24) is 0 Å². The van der Waals surface area contributed by atoms with Gasteiger partial charge in [-0.2, -0.15) is 0 Å². The first-order valence-corrected chi connectivity index (χ1v) is 11.3. The van der Waals surface area contributed by atoms with Crippen molar-refractivity contribution in [2.24, 2.45) is 0 Å². The van der Waals surface area contributed by atoms with Gasteiger partial charge in [-0.05, 0) is 51.7 Å². The molecule has 148 valence electrons. The van der Waals surface area contributed by atoms with Gasteiger partial charge in [-0.3, -0.25) is 0 Å². The SMILES string of the molecule is Clc1ccccc1-c1cc2c(c(-c3ccccc3)c1)Sc1c(ccc3ccccc13)O2. The monoisotopic (exact) mass is 436 g/mol. The van der Waals surface area contributed by atoms with Crippen LogP contribution in [0.1, 0.15) is 0 Å². The molecule has 0 aromatic heterocycles. The standard InChI is InChI=1S/C28H17ClOS/c29-24-13-7-6-11-21(24)20-16-23(18-8-2-1-3-9-18)28-26(17-20)30-25-15-14-19-10-4-5-12-22(19)27(25)31-28/h1-17H. The summed E-state index contributed by atoms with van der Waals surface area (Å²) in [5, 5.41) is 3.16. The second-order valence-electron chi connectivity index (χ2n) is 7.52. The van der Waals surface area contributed by atoms with Crippen molar-refractivity contribution < 1.29 is 4.74 Å². The van der Waals surface area contributed by atoms with Crippen molar-refractivity contribution in [2.45, 2.75) is 9.79 Å². The molecule has 0 amide bonds. The second kappa shape index (κ2) is 7.49. The molecule has 1 aliphatic rings. The predicted molar refractivity (Wildman–Crippen MR) is 130 cm³/mol. The molecule has 31 heavy (non-hydrogen) atoms. The first-order valence-electron chi connectivity index (χ1n) is 10.1. The van der Waals surface area contributed by atoms with Crippen molar-refractivity contribution >= 4 is 34.1 Å². The fourth-order valence-electron chi connectivity index (χ4n) is 4.10. The van der Waals surface area contributed by atoms with E-state index in [4.69, 9.17) is 16.3 Å². The highest BCUT2D eigenvalue weighted by atomic mass is 35.5. The van der Waals surface area contributed by atoms with Gasteiger partial charge in [-0.15, -0.1) is 0 Å². The first-order chi connectivity index (χ1) is 15.3. The van der Waals surface area contributed by atoms with Crippen molar-refractivity contribution in [3.63, 3.8) is 0 Å². The van der Waals surface area contributed by atoms with Crippen LogP contribution >= 0.6 is 23.4 Å². The van der Waals surface area contributed by atoms with Gasteiger partial charge in [0, 0.05) is 10.6 Å². The lowest BCUT2D eigenvalue weighted by atomic mass is 9.98. The Balaban J connectivity index is 1.60. The molecule has 1 nitrogen and oxygen atoms in total. The maximum absolute atomic E-state index is 6.54. The van der Waals surface area contributed by atoms with E-state index in [1.807, 2.05) is 24.3 Å². The van der Waals surface area contributed by atoms with Crippen LogP contribution < -0.4 is 4.74 Å². The van der Waals surface area contributed by atoms with Gasteiger partial charge in [0.15, 0.2) is 0 Å². The number of hydrogen-bond donors (Lipinski definition) is 0. The van der Waals surface area contributed by atoms with Crippen LogP contribution in [-0.4, -0.2) is 0 Å². The van der Waals surface area contributed by atoms with Crippen LogP contribution in [0.5, 0.6) is 11.5 Å². The molecule has 5 aromatic rings. The summed E-state index contributed by atoms with van der Waals surface area (Å²) in [5.41, 5.74) is 4.36. The van der Waals surface area contributed by atoms with Gasteiger partial charge in [0.25, 0.3) is 0 Å². The van der Waals surface area contributed by atoms with Crippen LogP contribution in [0, 0.1) is 0 Å². The maximum atomic E-state index is 6.54. The third-order valence-corrected chi connectivity index (χ3v) is 7.17. The molecular formula is C28H17ClOS. The lowest BCUT2D eigenvalue weighted by Gasteiger charge is -2.24. The third kappa shape index (κ3) is 3.20. The number of hydrogen-bond acceptors (Lipinski definition) is 2. The van der Waals surface area contributed by atoms with Gasteiger partial charge in [-0.25, -0.2) is 0 Å². The summed E-state index contributed by atoms with van der Waals surface area (Å²) in [6.45, 7) is 0. The molecule has 0 bridgehead atoms. The van der Waals surface area contributed by atoms with Crippen LogP contribution in [0.2, 0.25) is 5.02 Å². The normalized spacial score (nSPS) is 12.2. The second-order valence-corrected chi connectivity index (χ2v) is 8.94. The predicted octanol–water partition coefficient (Wildman–Crippen LogP) is 9.08. The number of benzene rings is 5. The smallest absolute Gasteiger partial charge is 0.142 e. The van der Waals surface area contributed by atoms with Crippen LogP contribution in [0.25, 0.3) is 33.0 Å². The van der Waals surface area contributed by atoms with Crippen molar-refractivity contribution in [2.75, 3.05) is 0 Å². The minimum absolute atomic E-state index is 0.733. The van der Waals surface area contributed by atoms with Crippen molar-refractivity contribution in [3.05, 3.63) is 108 Å². The summed E-state index contributed by atoms with van der Waals surface area (Å²) >= 11 is 8.32. The Bertz CT molecular complexity index is 1440. The molecule has 1 aliphatic heterocycles. The van der Waals surface area contributed by atoms with Gasteiger partial charge in [0.2, 0.25) is 0 Å². The van der Waals surface area contributed by atoms with Gasteiger partial charge in [-0.1, -0.05) is 102 Å². The minimum atomic E-state index is 0.733. The summed E-state index contributed by atoms with van der Waals surface area (Å²) in [4.78, 5) is 2.29. The highest BCUT2D eigenvalue weighted by Gasteiger charge is 2.24. The molecule has 0 spiro atoms. The molecule has 0 unspecified atom stereocenters. The Kier molecular flexibility index (Phi) is 4.48. The minimum Gasteiger partial charge on any atom is -0.455 e. The zero-order chi connectivity index (χ0) is 20.8.